The first-order chi connectivity index (χ1) is 18.0. The zero-order valence-corrected chi connectivity index (χ0v) is 31.1. The smallest absolute Gasteiger partial charge is 1.00 e. The van der Waals surface area contributed by atoms with E-state index in [2.05, 4.69) is 143 Å². The van der Waals surface area contributed by atoms with Gasteiger partial charge in [0.05, 0.1) is 0 Å². The van der Waals surface area contributed by atoms with E-state index < -0.39 is 8.07 Å². The molecule has 41 heavy (non-hydrogen) atoms. The summed E-state index contributed by atoms with van der Waals surface area (Å²) in [6, 6.07) is 25.7. The summed E-state index contributed by atoms with van der Waals surface area (Å²) in [7, 11) is -1.51. The van der Waals surface area contributed by atoms with Gasteiger partial charge in [-0.15, -0.1) is 0 Å². The number of rotatable bonds is 8. The summed E-state index contributed by atoms with van der Waals surface area (Å²) >= 11 is 2.46. The van der Waals surface area contributed by atoms with Crippen molar-refractivity contribution in [1.29, 1.82) is 0 Å². The van der Waals surface area contributed by atoms with Gasteiger partial charge in [-0.25, -0.2) is 0 Å². The molecule has 4 rings (SSSR count). The minimum absolute atomic E-state index is 0. The van der Waals surface area contributed by atoms with Gasteiger partial charge in [-0.05, 0) is 0 Å². The van der Waals surface area contributed by atoms with E-state index >= 15 is 0 Å². The van der Waals surface area contributed by atoms with Crippen LogP contribution in [0.3, 0.4) is 0 Å². The Hall–Kier alpha value is -1.06. The average molecular weight is 660 g/mol. The molecule has 3 aromatic rings. The van der Waals surface area contributed by atoms with Crippen LogP contribution in [-0.2, 0) is 25.9 Å². The van der Waals surface area contributed by atoms with Crippen molar-refractivity contribution in [2.24, 2.45) is 0 Å². The van der Waals surface area contributed by atoms with E-state index in [1.807, 2.05) is 0 Å². The van der Waals surface area contributed by atoms with Crippen LogP contribution in [-0.4, -0.2) is 8.07 Å². The quantitative estimate of drug-likeness (QED) is 0.251. The molecule has 0 heterocycles. The number of allylic oxidation sites excluding steroid dienone is 4. The molecule has 0 nitrogen and oxygen atoms in total. The van der Waals surface area contributed by atoms with Crippen molar-refractivity contribution in [2.45, 2.75) is 92.3 Å². The Labute approximate surface area is 281 Å². The molecule has 0 fully saturated rings. The molecule has 0 saturated heterocycles. The molecule has 1 aliphatic rings. The van der Waals surface area contributed by atoms with Gasteiger partial charge in [-0.2, -0.15) is 0 Å². The van der Waals surface area contributed by atoms with Crippen molar-refractivity contribution in [2.75, 3.05) is 0 Å². The fourth-order valence-corrected chi connectivity index (χ4v) is 13.2. The fourth-order valence-electron chi connectivity index (χ4n) is 7.32. The molecular weight excluding hydrogens is 615 g/mol. The molecule has 0 unspecified atom stereocenters. The molecule has 0 N–H and O–H groups in total. The Morgan fingerprint density at radius 1 is 0.561 bits per heavy atom. The van der Waals surface area contributed by atoms with Crippen LogP contribution in [0.1, 0.15) is 77.3 Å². The summed E-state index contributed by atoms with van der Waals surface area (Å²) in [5.41, 5.74) is 13.3. The summed E-state index contributed by atoms with van der Waals surface area (Å²) < 4.78 is 1.57. The van der Waals surface area contributed by atoms with Gasteiger partial charge in [0.2, 0.25) is 0 Å². The third kappa shape index (κ3) is 7.03. The van der Waals surface area contributed by atoms with Crippen LogP contribution < -0.4 is 37.2 Å². The summed E-state index contributed by atoms with van der Waals surface area (Å²) in [6.07, 6.45) is 3.74. The Morgan fingerprint density at radius 2 is 0.854 bits per heavy atom. The van der Waals surface area contributed by atoms with E-state index in [0.29, 0.717) is 0 Å². The van der Waals surface area contributed by atoms with E-state index in [0.717, 1.165) is 6.42 Å². The molecule has 0 bridgehead atoms. The maximum Gasteiger partial charge on any atom is -1.00 e. The zero-order valence-electron chi connectivity index (χ0n) is 26.2. The first kappa shape index (κ1) is 38.0. The second-order valence-electron chi connectivity index (χ2n) is 11.9. The molecule has 0 spiro atoms. The van der Waals surface area contributed by atoms with Gasteiger partial charge in [-0.3, -0.25) is 0 Å². The third-order valence-electron chi connectivity index (χ3n) is 9.12. The molecule has 0 saturated carbocycles. The summed E-state index contributed by atoms with van der Waals surface area (Å²) in [6.45, 7) is 20.9. The molecule has 0 atom stereocenters. The van der Waals surface area contributed by atoms with E-state index in [4.69, 9.17) is 0 Å². The average Bonchev–Trinajstić information content (AvgIpc) is 3.22. The van der Waals surface area contributed by atoms with Crippen molar-refractivity contribution in [3.8, 4) is 0 Å². The zero-order chi connectivity index (χ0) is 27.8. The van der Waals surface area contributed by atoms with Gasteiger partial charge < -0.3 is 37.2 Å². The molecule has 0 aliphatic heterocycles. The van der Waals surface area contributed by atoms with Crippen molar-refractivity contribution in [3.05, 3.63) is 125 Å². The second-order valence-corrected chi connectivity index (χ2v) is 18.0. The van der Waals surface area contributed by atoms with E-state index in [1.54, 1.807) is 9.07 Å². The number of halogens is 3. The van der Waals surface area contributed by atoms with Crippen LogP contribution >= 0.6 is 0 Å². The molecule has 0 aromatic heterocycles. The molecule has 0 radical (unpaired) electrons. The van der Waals surface area contributed by atoms with E-state index in [-0.39, 0.29) is 42.6 Å². The predicted molar refractivity (Wildman–Crippen MR) is 165 cm³/mol. The van der Waals surface area contributed by atoms with E-state index in [9.17, 15) is 0 Å². The minimum atomic E-state index is -1.51. The molecule has 3 aromatic carbocycles. The largest absolute Gasteiger partial charge is 1.00 e. The Balaban J connectivity index is 0.00000280. The molecule has 5 heteroatoms. The second kappa shape index (κ2) is 15.1. The Kier molecular flexibility index (Phi) is 14.0. The number of aryl methyl sites for hydroxylation is 6. The van der Waals surface area contributed by atoms with Crippen LogP contribution in [0, 0.1) is 41.5 Å². The van der Waals surface area contributed by atoms with Gasteiger partial charge >= 0.3 is 246 Å². The van der Waals surface area contributed by atoms with Crippen LogP contribution in [0.5, 0.6) is 0 Å². The van der Waals surface area contributed by atoms with Crippen molar-refractivity contribution >= 4 is 8.07 Å². The van der Waals surface area contributed by atoms with Crippen LogP contribution in [0.4, 0.5) is 0 Å². The van der Waals surface area contributed by atoms with Gasteiger partial charge in [0.25, 0.3) is 0 Å². The van der Waals surface area contributed by atoms with E-state index in [1.165, 1.54) is 73.8 Å². The van der Waals surface area contributed by atoms with Crippen LogP contribution in [0.25, 0.3) is 0 Å². The van der Waals surface area contributed by atoms with Crippen LogP contribution in [0.2, 0.25) is 18.1 Å². The predicted octanol–water partition coefficient (Wildman–Crippen LogP) is 1.06. The molecule has 1 aliphatic carbocycles. The first-order valence-electron chi connectivity index (χ1n) is 14.4. The first-order valence-corrected chi connectivity index (χ1v) is 17.8. The van der Waals surface area contributed by atoms with Gasteiger partial charge in [-0.1, -0.05) is 0 Å². The SMILES string of the molecule is CC[Si](CC)(CC)C1=[C]([Ti+3])C(C(c2cc(C)cc(C)c2)(c2cc(C)cc(C)c2)c2cc(C)cc(C)c2)=CC1.[Cl-].[Cl-].[Cl-]. The summed E-state index contributed by atoms with van der Waals surface area (Å²) in [5.74, 6) is 0. The number of hydrogen-bond donors (Lipinski definition) is 0. The molecular formula is C36H45Cl3SiTi. The standard InChI is InChI=1S/C36H45Si.3ClH.Ti/c1-10-37(11-2,12-3)35-14-13-31(24-35)36(32-18-25(4)15-26(5)19-32,33-20-27(6)16-28(7)21-33)34-22-29(8)17-30(9)23-34;;;;/h13,15-23H,10-12,14H2,1-9H3;3*1H;/q;;;;+3/p-3. The topological polar surface area (TPSA) is 0 Å². The van der Waals surface area contributed by atoms with Gasteiger partial charge in [0.15, 0.2) is 0 Å². The fraction of sp³-hybridized carbons (Fsp3) is 0.389. The van der Waals surface area contributed by atoms with Crippen molar-refractivity contribution in [3.63, 3.8) is 0 Å². The molecule has 0 amide bonds. The Morgan fingerprint density at radius 3 is 1.12 bits per heavy atom. The maximum atomic E-state index is 2.63. The normalized spacial score (nSPS) is 13.3. The Bertz CT molecular complexity index is 1240. The third-order valence-corrected chi connectivity index (χ3v) is 16.2. The minimum Gasteiger partial charge on any atom is -1.00 e. The number of benzene rings is 3. The van der Waals surface area contributed by atoms with Gasteiger partial charge in [0, 0.05) is 0 Å². The molecule has 218 valence electrons. The van der Waals surface area contributed by atoms with Crippen LogP contribution in [0.15, 0.2) is 75.3 Å². The summed E-state index contributed by atoms with van der Waals surface area (Å²) in [5, 5.41) is 1.79. The van der Waals surface area contributed by atoms with Crippen molar-refractivity contribution < 1.29 is 57.7 Å². The van der Waals surface area contributed by atoms with Gasteiger partial charge in [0.1, 0.15) is 0 Å². The number of hydrogen-bond acceptors (Lipinski definition) is 0. The van der Waals surface area contributed by atoms with Crippen molar-refractivity contribution in [1.82, 2.24) is 0 Å². The summed E-state index contributed by atoms with van der Waals surface area (Å²) in [4.78, 5) is 0. The maximum absolute atomic E-state index is 2.63. The monoisotopic (exact) mass is 658 g/mol.